The zero-order valence-corrected chi connectivity index (χ0v) is 12.8. The van der Waals surface area contributed by atoms with Gasteiger partial charge in [0.25, 0.3) is 6.23 Å². The molecule has 0 fully saturated rings. The summed E-state index contributed by atoms with van der Waals surface area (Å²) in [5.41, 5.74) is 3.95. The van der Waals surface area contributed by atoms with Gasteiger partial charge in [-0.25, -0.2) is 0 Å². The number of allylic oxidation sites excluding steroid dienone is 2. The number of hydrogen-bond donors (Lipinski definition) is 0. The highest BCUT2D eigenvalue weighted by molar-refractivity contribution is 5.90. The summed E-state index contributed by atoms with van der Waals surface area (Å²) in [6.45, 7) is 12.9. The SMILES string of the molecule is CC1=CC(C)=[N+](c2ccc(C(C)(C)C)cc2)C(C)O1. The van der Waals surface area contributed by atoms with Crippen LogP contribution in [0.15, 0.2) is 36.1 Å². The second-order valence-corrected chi connectivity index (χ2v) is 6.28. The zero-order valence-electron chi connectivity index (χ0n) is 12.8. The van der Waals surface area contributed by atoms with Crippen LogP contribution in [0.3, 0.4) is 0 Å². The Morgan fingerprint density at radius 3 is 2.11 bits per heavy atom. The Balaban J connectivity index is 2.40. The summed E-state index contributed by atoms with van der Waals surface area (Å²) in [5.74, 6) is 0.979. The van der Waals surface area contributed by atoms with Gasteiger partial charge in [0.1, 0.15) is 5.76 Å². The first-order valence-corrected chi connectivity index (χ1v) is 6.87. The molecular weight excluding hydrogens is 234 g/mol. The molecule has 19 heavy (non-hydrogen) atoms. The van der Waals surface area contributed by atoms with Gasteiger partial charge in [0, 0.05) is 32.1 Å². The van der Waals surface area contributed by atoms with Crippen LogP contribution in [0.5, 0.6) is 0 Å². The van der Waals surface area contributed by atoms with Gasteiger partial charge in [-0.15, -0.1) is 0 Å². The number of hydrogen-bond acceptors (Lipinski definition) is 1. The minimum absolute atomic E-state index is 0.0467. The molecule has 0 aliphatic carbocycles. The second kappa shape index (κ2) is 4.84. The Hall–Kier alpha value is -1.57. The maximum atomic E-state index is 5.79. The van der Waals surface area contributed by atoms with E-state index in [1.807, 2.05) is 6.92 Å². The molecule has 2 rings (SSSR count). The Morgan fingerprint density at radius 1 is 1.05 bits per heavy atom. The van der Waals surface area contributed by atoms with Gasteiger partial charge in [-0.2, -0.15) is 4.58 Å². The van der Waals surface area contributed by atoms with Crippen molar-refractivity contribution in [3.8, 4) is 0 Å². The predicted molar refractivity (Wildman–Crippen MR) is 80.0 cm³/mol. The maximum Gasteiger partial charge on any atom is 0.299 e. The van der Waals surface area contributed by atoms with Crippen molar-refractivity contribution in [2.75, 3.05) is 0 Å². The summed E-state index contributed by atoms with van der Waals surface area (Å²) in [6, 6.07) is 8.78. The second-order valence-electron chi connectivity index (χ2n) is 6.28. The van der Waals surface area contributed by atoms with E-state index in [1.54, 1.807) is 0 Å². The summed E-state index contributed by atoms with van der Waals surface area (Å²) in [7, 11) is 0. The Bertz CT molecular complexity index is 529. The number of ether oxygens (including phenoxy) is 1. The van der Waals surface area contributed by atoms with Gasteiger partial charge in [-0.1, -0.05) is 32.9 Å². The first-order valence-electron chi connectivity index (χ1n) is 6.87. The molecule has 2 heteroatoms. The standard InChI is InChI=1S/C17H24NO/c1-12-11-13(2)19-14(3)18(12)16-9-7-15(8-10-16)17(4,5)6/h7-11,14H,1-6H3/q+1. The first kappa shape index (κ1) is 13.9. The number of rotatable bonds is 1. The highest BCUT2D eigenvalue weighted by atomic mass is 16.5. The van der Waals surface area contributed by atoms with Gasteiger partial charge in [0.15, 0.2) is 5.71 Å². The molecule has 1 unspecified atom stereocenters. The average Bonchev–Trinajstić information content (AvgIpc) is 2.27. The normalized spacial score (nSPS) is 20.1. The largest absolute Gasteiger partial charge is 0.438 e. The van der Waals surface area contributed by atoms with E-state index in [0.29, 0.717) is 0 Å². The van der Waals surface area contributed by atoms with Crippen molar-refractivity contribution in [2.24, 2.45) is 0 Å². The molecular formula is C17H24NO+. The van der Waals surface area contributed by atoms with E-state index in [0.717, 1.165) is 5.76 Å². The lowest BCUT2D eigenvalue weighted by atomic mass is 9.87. The van der Waals surface area contributed by atoms with Gasteiger partial charge in [-0.3, -0.25) is 0 Å². The van der Waals surface area contributed by atoms with E-state index in [2.05, 4.69) is 69.5 Å². The summed E-state index contributed by atoms with van der Waals surface area (Å²) in [4.78, 5) is 0. The van der Waals surface area contributed by atoms with Crippen molar-refractivity contribution in [3.63, 3.8) is 0 Å². The fourth-order valence-electron chi connectivity index (χ4n) is 2.54. The van der Waals surface area contributed by atoms with Crippen molar-refractivity contribution < 1.29 is 9.31 Å². The number of nitrogens with zero attached hydrogens (tertiary/aromatic N) is 1. The van der Waals surface area contributed by atoms with E-state index in [4.69, 9.17) is 4.74 Å². The molecule has 1 heterocycles. The highest BCUT2D eigenvalue weighted by Gasteiger charge is 2.26. The van der Waals surface area contributed by atoms with Crippen LogP contribution in [-0.2, 0) is 10.2 Å². The van der Waals surface area contributed by atoms with Crippen LogP contribution in [0.25, 0.3) is 0 Å². The average molecular weight is 258 g/mol. The molecule has 1 aliphatic heterocycles. The molecule has 1 atom stereocenters. The third kappa shape index (κ3) is 2.89. The summed E-state index contributed by atoms with van der Waals surface area (Å²) in [6.07, 6.45) is 2.13. The molecule has 2 nitrogen and oxygen atoms in total. The smallest absolute Gasteiger partial charge is 0.299 e. The lowest BCUT2D eigenvalue weighted by molar-refractivity contribution is -0.536. The van der Waals surface area contributed by atoms with E-state index in [-0.39, 0.29) is 11.6 Å². The van der Waals surface area contributed by atoms with E-state index >= 15 is 0 Å². The van der Waals surface area contributed by atoms with Crippen LogP contribution in [0.1, 0.15) is 47.1 Å². The third-order valence-electron chi connectivity index (χ3n) is 3.52. The Labute approximate surface area is 116 Å². The summed E-state index contributed by atoms with van der Waals surface area (Å²) < 4.78 is 8.01. The first-order chi connectivity index (χ1) is 8.79. The van der Waals surface area contributed by atoms with Crippen molar-refractivity contribution in [1.82, 2.24) is 0 Å². The fraction of sp³-hybridized carbons (Fsp3) is 0.471. The molecule has 0 amide bonds. The maximum absolute atomic E-state index is 5.79. The van der Waals surface area contributed by atoms with Crippen LogP contribution < -0.4 is 0 Å². The Kier molecular flexibility index (Phi) is 3.53. The summed E-state index contributed by atoms with van der Waals surface area (Å²) >= 11 is 0. The van der Waals surface area contributed by atoms with Crippen LogP contribution in [-0.4, -0.2) is 16.5 Å². The van der Waals surface area contributed by atoms with Gasteiger partial charge in [-0.05, 0) is 17.9 Å². The predicted octanol–water partition coefficient (Wildman–Crippen LogP) is 4.37. The van der Waals surface area contributed by atoms with Gasteiger partial charge in [0.2, 0.25) is 5.69 Å². The molecule has 0 radical (unpaired) electrons. The molecule has 0 bridgehead atoms. The molecule has 0 spiro atoms. The van der Waals surface area contributed by atoms with Crippen molar-refractivity contribution in [3.05, 3.63) is 41.7 Å². The minimum Gasteiger partial charge on any atom is -0.438 e. The highest BCUT2D eigenvalue weighted by Crippen LogP contribution is 2.26. The lowest BCUT2D eigenvalue weighted by Crippen LogP contribution is -2.29. The topological polar surface area (TPSA) is 12.2 Å². The van der Waals surface area contributed by atoms with Crippen LogP contribution >= 0.6 is 0 Å². The van der Waals surface area contributed by atoms with Crippen molar-refractivity contribution in [1.29, 1.82) is 0 Å². The molecule has 0 N–H and O–H groups in total. The molecule has 102 valence electrons. The van der Waals surface area contributed by atoms with Crippen LogP contribution in [0.4, 0.5) is 5.69 Å². The lowest BCUT2D eigenvalue weighted by Gasteiger charge is -2.21. The fourth-order valence-corrected chi connectivity index (χ4v) is 2.54. The van der Waals surface area contributed by atoms with Crippen LogP contribution in [0.2, 0.25) is 0 Å². The monoisotopic (exact) mass is 258 g/mol. The quantitative estimate of drug-likeness (QED) is 0.681. The van der Waals surface area contributed by atoms with Crippen molar-refractivity contribution in [2.45, 2.75) is 53.2 Å². The number of benzene rings is 1. The third-order valence-corrected chi connectivity index (χ3v) is 3.52. The minimum atomic E-state index is 0.0467. The van der Waals surface area contributed by atoms with E-state index in [9.17, 15) is 0 Å². The van der Waals surface area contributed by atoms with Crippen LogP contribution in [0, 0.1) is 0 Å². The summed E-state index contributed by atoms with van der Waals surface area (Å²) in [5, 5.41) is 0. The molecule has 1 aromatic carbocycles. The molecule has 1 aromatic rings. The van der Waals surface area contributed by atoms with E-state index in [1.165, 1.54) is 17.0 Å². The zero-order chi connectivity index (χ0) is 14.2. The molecule has 0 aromatic heterocycles. The van der Waals surface area contributed by atoms with Gasteiger partial charge >= 0.3 is 0 Å². The molecule has 1 aliphatic rings. The molecule has 0 saturated heterocycles. The van der Waals surface area contributed by atoms with E-state index < -0.39 is 0 Å². The molecule has 0 saturated carbocycles. The van der Waals surface area contributed by atoms with Gasteiger partial charge in [0.05, 0.1) is 0 Å². The van der Waals surface area contributed by atoms with Crippen molar-refractivity contribution >= 4 is 11.4 Å². The van der Waals surface area contributed by atoms with Gasteiger partial charge < -0.3 is 4.74 Å². The Morgan fingerprint density at radius 2 is 1.63 bits per heavy atom.